The lowest BCUT2D eigenvalue weighted by atomic mass is 9.86. The highest BCUT2D eigenvalue weighted by Gasteiger charge is 2.22. The van der Waals surface area contributed by atoms with Crippen molar-refractivity contribution >= 4 is 34.5 Å². The van der Waals surface area contributed by atoms with Crippen LogP contribution in [0.3, 0.4) is 0 Å². The smallest absolute Gasteiger partial charge is 0.327 e. The van der Waals surface area contributed by atoms with Crippen molar-refractivity contribution in [1.29, 1.82) is 0 Å². The Hall–Kier alpha value is -3.69. The van der Waals surface area contributed by atoms with Crippen molar-refractivity contribution in [2.75, 3.05) is 11.9 Å². The molecule has 1 aliphatic rings. The first-order valence-corrected chi connectivity index (χ1v) is 11.2. The van der Waals surface area contributed by atoms with Crippen molar-refractivity contribution in [3.05, 3.63) is 43.5 Å². The Morgan fingerprint density at radius 1 is 1.27 bits per heavy atom. The Morgan fingerprint density at radius 3 is 2.85 bits per heavy atom. The molecule has 1 amide bonds. The minimum Gasteiger partial charge on any atom is -0.465 e. The van der Waals surface area contributed by atoms with E-state index < -0.39 is 0 Å². The number of esters is 1. The fourth-order valence-electron chi connectivity index (χ4n) is 4.19. The number of fused-ring (bicyclic) bond motifs is 1. The number of aromatic nitrogens is 5. The van der Waals surface area contributed by atoms with Crippen LogP contribution in [-0.4, -0.2) is 48.8 Å². The molecule has 0 atom stereocenters. The highest BCUT2D eigenvalue weighted by atomic mass is 16.5. The van der Waals surface area contributed by atoms with Crippen LogP contribution in [-0.2, 0) is 27.4 Å². The molecule has 1 fully saturated rings. The first-order chi connectivity index (χ1) is 16.0. The molecular weight excluding hydrogens is 422 g/mol. The SMILES string of the molecule is C=CC(=O)N[C@H]1CC[C@H](Cn2ccc3cnc(Nc4cnn(CC(=O)OCC)c4)nc32)CC1. The molecule has 174 valence electrons. The highest BCUT2D eigenvalue weighted by molar-refractivity contribution is 5.87. The zero-order valence-electron chi connectivity index (χ0n) is 18.7. The molecule has 10 nitrogen and oxygen atoms in total. The van der Waals surface area contributed by atoms with Crippen molar-refractivity contribution in [3.8, 4) is 0 Å². The lowest BCUT2D eigenvalue weighted by Gasteiger charge is -2.29. The number of nitrogens with one attached hydrogen (secondary N) is 2. The van der Waals surface area contributed by atoms with E-state index >= 15 is 0 Å². The molecule has 0 bridgehead atoms. The quantitative estimate of drug-likeness (QED) is 0.380. The van der Waals surface area contributed by atoms with Crippen molar-refractivity contribution < 1.29 is 14.3 Å². The van der Waals surface area contributed by atoms with Crippen LogP contribution in [0.1, 0.15) is 32.6 Å². The van der Waals surface area contributed by atoms with Gasteiger partial charge in [0.2, 0.25) is 11.9 Å². The van der Waals surface area contributed by atoms with E-state index in [1.165, 1.54) is 10.8 Å². The Labute approximate surface area is 192 Å². The van der Waals surface area contributed by atoms with E-state index in [4.69, 9.17) is 9.72 Å². The van der Waals surface area contributed by atoms with E-state index in [-0.39, 0.29) is 24.5 Å². The molecule has 0 spiro atoms. The van der Waals surface area contributed by atoms with Crippen LogP contribution in [0.2, 0.25) is 0 Å². The molecule has 0 unspecified atom stereocenters. The van der Waals surface area contributed by atoms with Gasteiger partial charge < -0.3 is 19.9 Å². The van der Waals surface area contributed by atoms with E-state index in [0.29, 0.717) is 24.2 Å². The van der Waals surface area contributed by atoms with Gasteiger partial charge in [-0.15, -0.1) is 0 Å². The average Bonchev–Trinajstić information content (AvgIpc) is 3.41. The Balaban J connectivity index is 1.38. The molecule has 1 saturated carbocycles. The molecule has 33 heavy (non-hydrogen) atoms. The fraction of sp³-hybridized carbons (Fsp3) is 0.435. The van der Waals surface area contributed by atoms with Crippen LogP contribution in [0.5, 0.6) is 0 Å². The molecule has 4 rings (SSSR count). The van der Waals surface area contributed by atoms with Crippen molar-refractivity contribution in [2.24, 2.45) is 5.92 Å². The molecule has 0 aliphatic heterocycles. The highest BCUT2D eigenvalue weighted by Crippen LogP contribution is 2.27. The van der Waals surface area contributed by atoms with Gasteiger partial charge in [-0.1, -0.05) is 6.58 Å². The summed E-state index contributed by atoms with van der Waals surface area (Å²) in [6, 6.07) is 2.25. The first-order valence-electron chi connectivity index (χ1n) is 11.2. The maximum absolute atomic E-state index is 11.6. The second-order valence-corrected chi connectivity index (χ2v) is 8.23. The van der Waals surface area contributed by atoms with Gasteiger partial charge in [0.25, 0.3) is 0 Å². The normalized spacial score (nSPS) is 18.1. The van der Waals surface area contributed by atoms with Gasteiger partial charge in [0.15, 0.2) is 0 Å². The van der Waals surface area contributed by atoms with Crippen LogP contribution >= 0.6 is 0 Å². The summed E-state index contributed by atoms with van der Waals surface area (Å²) >= 11 is 0. The van der Waals surface area contributed by atoms with Crippen LogP contribution < -0.4 is 10.6 Å². The monoisotopic (exact) mass is 451 g/mol. The minimum atomic E-state index is -0.334. The molecule has 10 heteroatoms. The van der Waals surface area contributed by atoms with Crippen LogP contribution in [0.4, 0.5) is 11.6 Å². The van der Waals surface area contributed by atoms with Crippen LogP contribution in [0.15, 0.2) is 43.5 Å². The zero-order valence-corrected chi connectivity index (χ0v) is 18.7. The van der Waals surface area contributed by atoms with E-state index in [0.717, 1.165) is 43.3 Å². The summed E-state index contributed by atoms with van der Waals surface area (Å²) in [7, 11) is 0. The third kappa shape index (κ3) is 5.76. The number of carbonyl (C=O) groups is 2. The van der Waals surface area contributed by atoms with Crippen LogP contribution in [0.25, 0.3) is 11.0 Å². The first kappa shape index (κ1) is 22.5. The van der Waals surface area contributed by atoms with Gasteiger partial charge in [-0.3, -0.25) is 14.3 Å². The summed E-state index contributed by atoms with van der Waals surface area (Å²) in [5, 5.41) is 11.3. The lowest BCUT2D eigenvalue weighted by molar-refractivity contribution is -0.144. The number of hydrogen-bond acceptors (Lipinski definition) is 7. The maximum atomic E-state index is 11.6. The molecule has 0 saturated heterocycles. The lowest BCUT2D eigenvalue weighted by Crippen LogP contribution is -2.37. The summed E-state index contributed by atoms with van der Waals surface area (Å²) in [5.74, 6) is 0.566. The number of amides is 1. The summed E-state index contributed by atoms with van der Waals surface area (Å²) in [6.45, 7) is 6.55. The molecule has 3 aromatic rings. The van der Waals surface area contributed by atoms with E-state index in [1.54, 1.807) is 25.5 Å². The standard InChI is InChI=1S/C23H29N7O3/c1-3-20(31)26-18-7-5-16(6-8-18)13-29-10-9-17-11-24-23(28-22(17)29)27-19-12-25-30(14-19)15-21(32)33-4-2/h3,9-12,14,16,18H,1,4-8,13,15H2,2H3,(H,26,31)(H,24,27,28)/t16-,18-. The Bertz CT molecular complexity index is 1130. The second kappa shape index (κ2) is 10.3. The van der Waals surface area contributed by atoms with E-state index in [9.17, 15) is 9.59 Å². The van der Waals surface area contributed by atoms with Gasteiger partial charge in [0, 0.05) is 36.6 Å². The van der Waals surface area contributed by atoms with Gasteiger partial charge in [-0.2, -0.15) is 10.1 Å². The molecule has 3 aromatic heterocycles. The van der Waals surface area contributed by atoms with Gasteiger partial charge in [0.05, 0.1) is 18.5 Å². The zero-order chi connectivity index (χ0) is 23.2. The largest absolute Gasteiger partial charge is 0.465 e. The predicted octanol–water partition coefficient (Wildman–Crippen LogP) is 2.80. The van der Waals surface area contributed by atoms with E-state index in [2.05, 4.69) is 31.9 Å². The van der Waals surface area contributed by atoms with Gasteiger partial charge in [-0.25, -0.2) is 4.98 Å². The van der Waals surface area contributed by atoms with Crippen LogP contribution in [0, 0.1) is 5.92 Å². The fourth-order valence-corrected chi connectivity index (χ4v) is 4.19. The number of anilines is 2. The summed E-state index contributed by atoms with van der Waals surface area (Å²) in [4.78, 5) is 32.2. The summed E-state index contributed by atoms with van der Waals surface area (Å²) < 4.78 is 8.62. The molecule has 0 radical (unpaired) electrons. The number of ether oxygens (including phenoxy) is 1. The minimum absolute atomic E-state index is 0.0534. The predicted molar refractivity (Wildman–Crippen MR) is 124 cm³/mol. The maximum Gasteiger partial charge on any atom is 0.327 e. The topological polar surface area (TPSA) is 116 Å². The average molecular weight is 452 g/mol. The number of nitrogens with zero attached hydrogens (tertiary/aromatic N) is 5. The van der Waals surface area contributed by atoms with Gasteiger partial charge in [0.1, 0.15) is 12.2 Å². The summed E-state index contributed by atoms with van der Waals surface area (Å²) in [5.41, 5.74) is 1.56. The molecule has 2 N–H and O–H groups in total. The van der Waals surface area contributed by atoms with Gasteiger partial charge in [-0.05, 0) is 50.7 Å². The van der Waals surface area contributed by atoms with Crippen molar-refractivity contribution in [2.45, 2.75) is 51.7 Å². The Kier molecular flexibility index (Phi) is 7.01. The third-order valence-electron chi connectivity index (χ3n) is 5.82. The second-order valence-electron chi connectivity index (χ2n) is 8.23. The molecular formula is C23H29N7O3. The number of rotatable bonds is 9. The van der Waals surface area contributed by atoms with Crippen molar-refractivity contribution in [3.63, 3.8) is 0 Å². The van der Waals surface area contributed by atoms with E-state index in [1.807, 2.05) is 12.3 Å². The Morgan fingerprint density at radius 2 is 2.09 bits per heavy atom. The summed E-state index contributed by atoms with van der Waals surface area (Å²) in [6.07, 6.45) is 12.6. The third-order valence-corrected chi connectivity index (χ3v) is 5.82. The number of carbonyl (C=O) groups excluding carboxylic acids is 2. The van der Waals surface area contributed by atoms with Gasteiger partial charge >= 0.3 is 5.97 Å². The molecule has 3 heterocycles. The molecule has 0 aromatic carbocycles. The number of hydrogen-bond donors (Lipinski definition) is 2. The van der Waals surface area contributed by atoms with Crippen molar-refractivity contribution in [1.82, 2.24) is 29.6 Å². The molecule has 1 aliphatic carbocycles.